The van der Waals surface area contributed by atoms with Gasteiger partial charge in [0.05, 0.1) is 0 Å². The van der Waals surface area contributed by atoms with Gasteiger partial charge in [-0.3, -0.25) is 0 Å². The molecule has 0 radical (unpaired) electrons. The van der Waals surface area contributed by atoms with Crippen LogP contribution < -0.4 is 5.32 Å². The highest BCUT2D eigenvalue weighted by Gasteiger charge is 2.36. The third-order valence-corrected chi connectivity index (χ3v) is 5.32. The van der Waals surface area contributed by atoms with E-state index in [0.717, 1.165) is 23.8 Å². The summed E-state index contributed by atoms with van der Waals surface area (Å²) in [5, 5.41) is 4.07. The first kappa shape index (κ1) is 14.1. The van der Waals surface area contributed by atoms with Gasteiger partial charge in [-0.25, -0.2) is 0 Å². The first-order valence-corrected chi connectivity index (χ1v) is 8.56. The standard InChI is InChI=1S/C19H29N/c1-14(2)17-10-6-7-11-18(17)20-19(16-12-13-16)15-8-4-3-5-9-15/h3-5,8-9,14,16-20H,6-7,10-13H2,1-2H3. The normalized spacial score (nSPS) is 28.6. The van der Waals surface area contributed by atoms with Crippen LogP contribution in [-0.4, -0.2) is 6.04 Å². The lowest BCUT2D eigenvalue weighted by atomic mass is 9.77. The third kappa shape index (κ3) is 3.25. The van der Waals surface area contributed by atoms with Crippen molar-refractivity contribution in [1.29, 1.82) is 0 Å². The zero-order chi connectivity index (χ0) is 13.9. The van der Waals surface area contributed by atoms with E-state index in [1.54, 1.807) is 0 Å². The van der Waals surface area contributed by atoms with Crippen molar-refractivity contribution in [2.45, 2.75) is 64.5 Å². The summed E-state index contributed by atoms with van der Waals surface area (Å²) < 4.78 is 0. The van der Waals surface area contributed by atoms with Crippen molar-refractivity contribution in [2.24, 2.45) is 17.8 Å². The Morgan fingerprint density at radius 3 is 2.30 bits per heavy atom. The number of benzene rings is 1. The molecule has 20 heavy (non-hydrogen) atoms. The number of nitrogens with one attached hydrogen (secondary N) is 1. The average molecular weight is 271 g/mol. The van der Waals surface area contributed by atoms with E-state index >= 15 is 0 Å². The van der Waals surface area contributed by atoms with Gasteiger partial charge in [0.1, 0.15) is 0 Å². The first-order chi connectivity index (χ1) is 9.75. The molecule has 2 aliphatic carbocycles. The van der Waals surface area contributed by atoms with Crippen molar-refractivity contribution in [2.75, 3.05) is 0 Å². The lowest BCUT2D eigenvalue weighted by Crippen LogP contribution is -2.43. The largest absolute Gasteiger partial charge is 0.307 e. The highest BCUT2D eigenvalue weighted by atomic mass is 15.0. The molecule has 0 spiro atoms. The molecule has 2 saturated carbocycles. The molecule has 1 N–H and O–H groups in total. The molecule has 2 aliphatic rings. The van der Waals surface area contributed by atoms with Crippen LogP contribution in [0.1, 0.15) is 64.0 Å². The Bertz CT molecular complexity index is 407. The van der Waals surface area contributed by atoms with E-state index < -0.39 is 0 Å². The zero-order valence-electron chi connectivity index (χ0n) is 13.0. The summed E-state index contributed by atoms with van der Waals surface area (Å²) in [5.41, 5.74) is 1.50. The Morgan fingerprint density at radius 1 is 0.950 bits per heavy atom. The van der Waals surface area contributed by atoms with Gasteiger partial charge < -0.3 is 5.32 Å². The molecule has 3 atom stereocenters. The Hall–Kier alpha value is -0.820. The molecule has 110 valence electrons. The summed E-state index contributed by atoms with van der Waals surface area (Å²) >= 11 is 0. The van der Waals surface area contributed by atoms with Gasteiger partial charge in [-0.05, 0) is 49.0 Å². The van der Waals surface area contributed by atoms with E-state index in [4.69, 9.17) is 0 Å². The molecule has 0 bridgehead atoms. The monoisotopic (exact) mass is 271 g/mol. The average Bonchev–Trinajstić information content (AvgIpc) is 3.30. The van der Waals surface area contributed by atoms with Crippen LogP contribution in [0, 0.1) is 17.8 Å². The molecule has 2 fully saturated rings. The second-order valence-electron chi connectivity index (χ2n) is 7.19. The highest BCUT2D eigenvalue weighted by Crippen LogP contribution is 2.42. The van der Waals surface area contributed by atoms with Crippen LogP contribution in [0.25, 0.3) is 0 Å². The Morgan fingerprint density at radius 2 is 1.65 bits per heavy atom. The smallest absolute Gasteiger partial charge is 0.0351 e. The molecular weight excluding hydrogens is 242 g/mol. The minimum Gasteiger partial charge on any atom is -0.307 e. The van der Waals surface area contributed by atoms with Gasteiger partial charge >= 0.3 is 0 Å². The van der Waals surface area contributed by atoms with Crippen molar-refractivity contribution >= 4 is 0 Å². The van der Waals surface area contributed by atoms with E-state index in [9.17, 15) is 0 Å². The topological polar surface area (TPSA) is 12.0 Å². The second kappa shape index (κ2) is 6.30. The van der Waals surface area contributed by atoms with E-state index in [-0.39, 0.29) is 0 Å². The van der Waals surface area contributed by atoms with E-state index in [2.05, 4.69) is 49.5 Å². The van der Waals surface area contributed by atoms with Crippen LogP contribution in [0.5, 0.6) is 0 Å². The second-order valence-corrected chi connectivity index (χ2v) is 7.19. The maximum absolute atomic E-state index is 4.07. The van der Waals surface area contributed by atoms with Crippen molar-refractivity contribution < 1.29 is 0 Å². The molecule has 0 amide bonds. The van der Waals surface area contributed by atoms with Crippen molar-refractivity contribution in [3.63, 3.8) is 0 Å². The molecule has 0 aliphatic heterocycles. The maximum Gasteiger partial charge on any atom is 0.0351 e. The summed E-state index contributed by atoms with van der Waals surface area (Å²) in [4.78, 5) is 0. The van der Waals surface area contributed by atoms with Gasteiger partial charge in [-0.2, -0.15) is 0 Å². The SMILES string of the molecule is CC(C)C1CCCCC1NC(c1ccccc1)C1CC1. The molecule has 3 rings (SSSR count). The van der Waals surface area contributed by atoms with Gasteiger partial charge in [0.15, 0.2) is 0 Å². The fourth-order valence-corrected chi connectivity index (χ4v) is 3.99. The predicted octanol–water partition coefficient (Wildman–Crippen LogP) is 4.94. The Balaban J connectivity index is 1.72. The molecule has 1 aromatic rings. The predicted molar refractivity (Wildman–Crippen MR) is 85.6 cm³/mol. The zero-order valence-corrected chi connectivity index (χ0v) is 13.0. The minimum atomic E-state index is 0.598. The maximum atomic E-state index is 4.07. The van der Waals surface area contributed by atoms with E-state index in [0.29, 0.717) is 6.04 Å². The van der Waals surface area contributed by atoms with Crippen LogP contribution in [-0.2, 0) is 0 Å². The molecule has 0 heterocycles. The number of hydrogen-bond acceptors (Lipinski definition) is 1. The van der Waals surface area contributed by atoms with E-state index in [1.807, 2.05) is 0 Å². The summed E-state index contributed by atoms with van der Waals surface area (Å²) in [6.07, 6.45) is 8.45. The lowest BCUT2D eigenvalue weighted by Gasteiger charge is -2.38. The van der Waals surface area contributed by atoms with Gasteiger partial charge in [0.25, 0.3) is 0 Å². The minimum absolute atomic E-state index is 0.598. The van der Waals surface area contributed by atoms with Gasteiger partial charge in [0, 0.05) is 12.1 Å². The van der Waals surface area contributed by atoms with Gasteiger partial charge in [-0.15, -0.1) is 0 Å². The fourth-order valence-electron chi connectivity index (χ4n) is 3.99. The first-order valence-electron chi connectivity index (χ1n) is 8.56. The third-order valence-electron chi connectivity index (χ3n) is 5.32. The number of hydrogen-bond donors (Lipinski definition) is 1. The Kier molecular flexibility index (Phi) is 4.45. The van der Waals surface area contributed by atoms with Gasteiger partial charge in [-0.1, -0.05) is 57.0 Å². The highest BCUT2D eigenvalue weighted by molar-refractivity contribution is 5.21. The summed E-state index contributed by atoms with van der Waals surface area (Å²) in [7, 11) is 0. The summed E-state index contributed by atoms with van der Waals surface area (Å²) in [5.74, 6) is 2.56. The van der Waals surface area contributed by atoms with Gasteiger partial charge in [0.2, 0.25) is 0 Å². The van der Waals surface area contributed by atoms with Crippen LogP contribution in [0.4, 0.5) is 0 Å². The quantitative estimate of drug-likeness (QED) is 0.799. The van der Waals surface area contributed by atoms with Crippen LogP contribution in [0.2, 0.25) is 0 Å². The fraction of sp³-hybridized carbons (Fsp3) is 0.684. The lowest BCUT2D eigenvalue weighted by molar-refractivity contribution is 0.187. The van der Waals surface area contributed by atoms with Crippen molar-refractivity contribution in [3.8, 4) is 0 Å². The van der Waals surface area contributed by atoms with Crippen molar-refractivity contribution in [3.05, 3.63) is 35.9 Å². The van der Waals surface area contributed by atoms with Crippen LogP contribution in [0.15, 0.2) is 30.3 Å². The van der Waals surface area contributed by atoms with Crippen LogP contribution >= 0.6 is 0 Å². The molecule has 1 heteroatoms. The molecule has 0 aromatic heterocycles. The molecule has 1 aromatic carbocycles. The molecule has 1 nitrogen and oxygen atoms in total. The molecular formula is C19H29N. The molecule has 3 unspecified atom stereocenters. The van der Waals surface area contributed by atoms with Crippen molar-refractivity contribution in [1.82, 2.24) is 5.32 Å². The summed E-state index contributed by atoms with van der Waals surface area (Å²) in [6, 6.07) is 12.5. The number of rotatable bonds is 5. The summed E-state index contributed by atoms with van der Waals surface area (Å²) in [6.45, 7) is 4.80. The van der Waals surface area contributed by atoms with Crippen LogP contribution in [0.3, 0.4) is 0 Å². The molecule has 0 saturated heterocycles. The van der Waals surface area contributed by atoms with E-state index in [1.165, 1.54) is 44.1 Å². The Labute approximate surface area is 124 Å².